The molecular weight excluding hydrogens is 304 g/mol. The van der Waals surface area contributed by atoms with Crippen LogP contribution in [0.25, 0.3) is 0 Å². The summed E-state index contributed by atoms with van der Waals surface area (Å²) < 4.78 is 0. The lowest BCUT2D eigenvalue weighted by Gasteiger charge is -2.34. The Morgan fingerprint density at radius 3 is 2.42 bits per heavy atom. The third-order valence-corrected chi connectivity index (χ3v) is 4.19. The van der Waals surface area contributed by atoms with Crippen LogP contribution in [-0.4, -0.2) is 60.0 Å². The molecule has 1 heterocycles. The lowest BCUT2D eigenvalue weighted by molar-refractivity contribution is -0.121. The molecule has 0 aromatic heterocycles. The van der Waals surface area contributed by atoms with Crippen LogP contribution in [0.3, 0.4) is 0 Å². The monoisotopic (exact) mass is 332 g/mol. The standard InChI is InChI=1S/C18H28N4O2/c1-18(2,3)22-11-7-10-21(12-13-22)14-16(23)20-17(24)19-15-8-5-4-6-9-15/h4-6,8-9H,7,10-14H2,1-3H3,(H2,19,20,23,24). The zero-order valence-corrected chi connectivity index (χ0v) is 14.8. The Hall–Kier alpha value is -1.92. The molecule has 1 aromatic carbocycles. The lowest BCUT2D eigenvalue weighted by atomic mass is 10.1. The average molecular weight is 332 g/mol. The van der Waals surface area contributed by atoms with Gasteiger partial charge in [-0.05, 0) is 52.4 Å². The number of urea groups is 1. The number of nitrogens with zero attached hydrogens (tertiary/aromatic N) is 2. The molecule has 0 atom stereocenters. The van der Waals surface area contributed by atoms with E-state index in [4.69, 9.17) is 0 Å². The fraction of sp³-hybridized carbons (Fsp3) is 0.556. The van der Waals surface area contributed by atoms with E-state index in [9.17, 15) is 9.59 Å². The van der Waals surface area contributed by atoms with Crippen LogP contribution in [0.1, 0.15) is 27.2 Å². The predicted octanol–water partition coefficient (Wildman–Crippen LogP) is 2.14. The summed E-state index contributed by atoms with van der Waals surface area (Å²) in [5.41, 5.74) is 0.812. The van der Waals surface area contributed by atoms with Crippen LogP contribution in [0.15, 0.2) is 30.3 Å². The van der Waals surface area contributed by atoms with Crippen molar-refractivity contribution in [1.82, 2.24) is 15.1 Å². The van der Waals surface area contributed by atoms with E-state index in [2.05, 4.69) is 41.2 Å². The molecule has 6 nitrogen and oxygen atoms in total. The first-order valence-electron chi connectivity index (χ1n) is 8.48. The van der Waals surface area contributed by atoms with Gasteiger partial charge in [0, 0.05) is 24.3 Å². The average Bonchev–Trinajstić information content (AvgIpc) is 2.73. The minimum Gasteiger partial charge on any atom is -0.308 e. The van der Waals surface area contributed by atoms with Crippen molar-refractivity contribution in [2.24, 2.45) is 0 Å². The van der Waals surface area contributed by atoms with Crippen LogP contribution in [0, 0.1) is 0 Å². The second kappa shape index (κ2) is 8.26. The maximum atomic E-state index is 12.1. The number of hydrogen-bond acceptors (Lipinski definition) is 4. The Kier molecular flexibility index (Phi) is 6.34. The zero-order chi connectivity index (χ0) is 17.6. The fourth-order valence-corrected chi connectivity index (χ4v) is 2.85. The van der Waals surface area contributed by atoms with Gasteiger partial charge < -0.3 is 5.32 Å². The second-order valence-corrected chi connectivity index (χ2v) is 7.16. The van der Waals surface area contributed by atoms with Crippen molar-refractivity contribution in [2.75, 3.05) is 38.0 Å². The molecule has 0 aliphatic carbocycles. The highest BCUT2D eigenvalue weighted by molar-refractivity contribution is 6.01. The van der Waals surface area contributed by atoms with Gasteiger partial charge in [0.2, 0.25) is 5.91 Å². The zero-order valence-electron chi connectivity index (χ0n) is 14.8. The van der Waals surface area contributed by atoms with Gasteiger partial charge in [0.15, 0.2) is 0 Å². The predicted molar refractivity (Wildman–Crippen MR) is 96.0 cm³/mol. The first kappa shape index (κ1) is 18.4. The molecule has 2 N–H and O–H groups in total. The van der Waals surface area contributed by atoms with E-state index in [1.165, 1.54) is 0 Å². The van der Waals surface area contributed by atoms with Crippen molar-refractivity contribution in [3.05, 3.63) is 30.3 Å². The minimum absolute atomic E-state index is 0.147. The topological polar surface area (TPSA) is 64.7 Å². The summed E-state index contributed by atoms with van der Waals surface area (Å²) in [5, 5.41) is 5.05. The molecule has 3 amide bonds. The third-order valence-electron chi connectivity index (χ3n) is 4.19. The molecule has 0 saturated carbocycles. The molecule has 2 rings (SSSR count). The normalized spacial score (nSPS) is 17.1. The lowest BCUT2D eigenvalue weighted by Crippen LogP contribution is -2.45. The highest BCUT2D eigenvalue weighted by Crippen LogP contribution is 2.15. The highest BCUT2D eigenvalue weighted by Gasteiger charge is 2.24. The molecule has 0 radical (unpaired) electrons. The van der Waals surface area contributed by atoms with E-state index < -0.39 is 6.03 Å². The van der Waals surface area contributed by atoms with Crippen molar-refractivity contribution in [2.45, 2.75) is 32.7 Å². The number of nitrogens with one attached hydrogen (secondary N) is 2. The van der Waals surface area contributed by atoms with Crippen molar-refractivity contribution in [3.63, 3.8) is 0 Å². The summed E-state index contributed by atoms with van der Waals surface area (Å²) in [4.78, 5) is 28.5. The van der Waals surface area contributed by atoms with Crippen molar-refractivity contribution in [3.8, 4) is 0 Å². The van der Waals surface area contributed by atoms with Crippen LogP contribution in [-0.2, 0) is 4.79 Å². The van der Waals surface area contributed by atoms with Gasteiger partial charge in [-0.1, -0.05) is 18.2 Å². The summed E-state index contributed by atoms with van der Waals surface area (Å²) in [5.74, 6) is -0.271. The van der Waals surface area contributed by atoms with E-state index in [0.717, 1.165) is 32.6 Å². The Morgan fingerprint density at radius 1 is 1.04 bits per heavy atom. The van der Waals surface area contributed by atoms with Crippen LogP contribution >= 0.6 is 0 Å². The Labute approximate surface area is 144 Å². The number of anilines is 1. The molecule has 132 valence electrons. The van der Waals surface area contributed by atoms with Gasteiger partial charge in [0.1, 0.15) is 0 Å². The molecule has 1 saturated heterocycles. The van der Waals surface area contributed by atoms with Crippen molar-refractivity contribution < 1.29 is 9.59 Å². The minimum atomic E-state index is -0.489. The number of amides is 3. The van der Waals surface area contributed by atoms with Gasteiger partial charge in [0.05, 0.1) is 6.54 Å². The highest BCUT2D eigenvalue weighted by atomic mass is 16.2. The molecule has 0 unspecified atom stereocenters. The van der Waals surface area contributed by atoms with Gasteiger partial charge in [-0.15, -0.1) is 0 Å². The maximum absolute atomic E-state index is 12.1. The summed E-state index contributed by atoms with van der Waals surface area (Å²) in [6, 6.07) is 8.59. The molecular formula is C18H28N4O2. The molecule has 24 heavy (non-hydrogen) atoms. The fourth-order valence-electron chi connectivity index (χ4n) is 2.85. The molecule has 1 aliphatic heterocycles. The van der Waals surface area contributed by atoms with Gasteiger partial charge in [-0.25, -0.2) is 4.79 Å². The first-order valence-corrected chi connectivity index (χ1v) is 8.48. The third kappa shape index (κ3) is 5.94. The van der Waals surface area contributed by atoms with E-state index in [1.54, 1.807) is 12.1 Å². The number of rotatable bonds is 3. The number of carbonyl (C=O) groups is 2. The van der Waals surface area contributed by atoms with E-state index >= 15 is 0 Å². The van der Waals surface area contributed by atoms with Gasteiger partial charge in [-0.3, -0.25) is 19.9 Å². The number of para-hydroxylation sites is 1. The molecule has 1 aromatic rings. The Balaban J connectivity index is 1.77. The van der Waals surface area contributed by atoms with Crippen LogP contribution in [0.5, 0.6) is 0 Å². The molecule has 0 spiro atoms. The molecule has 6 heteroatoms. The summed E-state index contributed by atoms with van der Waals surface area (Å²) in [6.45, 7) is 10.6. The van der Waals surface area contributed by atoms with Gasteiger partial charge in [0.25, 0.3) is 0 Å². The molecule has 0 bridgehead atoms. The summed E-state index contributed by atoms with van der Waals surface area (Å²) in [6.07, 6.45) is 1.03. The van der Waals surface area contributed by atoms with Gasteiger partial charge >= 0.3 is 6.03 Å². The molecule has 1 fully saturated rings. The summed E-state index contributed by atoms with van der Waals surface area (Å²) >= 11 is 0. The van der Waals surface area contributed by atoms with Crippen LogP contribution in [0.4, 0.5) is 10.5 Å². The number of benzene rings is 1. The number of imide groups is 1. The quantitative estimate of drug-likeness (QED) is 0.890. The van der Waals surface area contributed by atoms with Gasteiger partial charge in [-0.2, -0.15) is 0 Å². The van der Waals surface area contributed by atoms with Crippen LogP contribution in [0.2, 0.25) is 0 Å². The largest absolute Gasteiger partial charge is 0.325 e. The van der Waals surface area contributed by atoms with Crippen LogP contribution < -0.4 is 10.6 Å². The van der Waals surface area contributed by atoms with E-state index in [1.807, 2.05) is 18.2 Å². The Morgan fingerprint density at radius 2 is 1.75 bits per heavy atom. The smallest absolute Gasteiger partial charge is 0.308 e. The van der Waals surface area contributed by atoms with Crippen molar-refractivity contribution >= 4 is 17.6 Å². The Bertz CT molecular complexity index is 554. The maximum Gasteiger partial charge on any atom is 0.325 e. The second-order valence-electron chi connectivity index (χ2n) is 7.16. The van der Waals surface area contributed by atoms with E-state index in [-0.39, 0.29) is 18.0 Å². The number of hydrogen-bond donors (Lipinski definition) is 2. The van der Waals surface area contributed by atoms with Crippen molar-refractivity contribution in [1.29, 1.82) is 0 Å². The first-order chi connectivity index (χ1) is 11.3. The molecule has 1 aliphatic rings. The van der Waals surface area contributed by atoms with E-state index in [0.29, 0.717) is 5.69 Å². The summed E-state index contributed by atoms with van der Waals surface area (Å²) in [7, 11) is 0. The number of carbonyl (C=O) groups excluding carboxylic acids is 2. The SMILES string of the molecule is CC(C)(C)N1CCCN(CC(=O)NC(=O)Nc2ccccc2)CC1.